The Hall–Kier alpha value is -1.36. The highest BCUT2D eigenvalue weighted by molar-refractivity contribution is 5.92. The first-order valence-corrected chi connectivity index (χ1v) is 3.32. The number of nitrogens with one attached hydrogen (secondary N) is 2. The van der Waals surface area contributed by atoms with Crippen molar-refractivity contribution in [1.82, 2.24) is 15.5 Å². The molecule has 0 bridgehead atoms. The summed E-state index contributed by atoms with van der Waals surface area (Å²) in [5, 5.41) is 8.78. The quantitative estimate of drug-likeness (QED) is 0.527. The van der Waals surface area contributed by atoms with Gasteiger partial charge in [0.25, 0.3) is 5.91 Å². The maximum Gasteiger partial charge on any atom is 0.269 e. The van der Waals surface area contributed by atoms with E-state index in [0.29, 0.717) is 18.8 Å². The average molecular weight is 154 g/mol. The molecule has 0 unspecified atom stereocenters. The van der Waals surface area contributed by atoms with Gasteiger partial charge >= 0.3 is 0 Å². The average Bonchev–Trinajstić information content (AvgIpc) is 2.52. The van der Waals surface area contributed by atoms with Crippen molar-refractivity contribution in [2.45, 2.75) is 0 Å². The summed E-state index contributed by atoms with van der Waals surface area (Å²) < 4.78 is 0. The van der Waals surface area contributed by atoms with E-state index >= 15 is 0 Å². The molecule has 0 radical (unpaired) electrons. The van der Waals surface area contributed by atoms with Crippen molar-refractivity contribution in [2.24, 2.45) is 5.73 Å². The minimum atomic E-state index is -0.173. The number of nitrogens with zero attached hydrogens (tertiary/aromatic N) is 1. The molecule has 0 saturated carbocycles. The molecule has 1 aromatic rings. The number of H-pyrrole nitrogens is 1. The number of nitrogens with two attached hydrogens (primary N) is 1. The molecule has 60 valence electrons. The Kier molecular flexibility index (Phi) is 2.62. The van der Waals surface area contributed by atoms with Crippen LogP contribution in [0.15, 0.2) is 12.3 Å². The predicted octanol–water partition coefficient (Wildman–Crippen LogP) is -0.902. The number of aromatic nitrogens is 2. The fourth-order valence-corrected chi connectivity index (χ4v) is 0.663. The third kappa shape index (κ3) is 2.05. The van der Waals surface area contributed by atoms with Crippen molar-refractivity contribution in [3.8, 4) is 0 Å². The summed E-state index contributed by atoms with van der Waals surface area (Å²) in [7, 11) is 0. The first-order valence-electron chi connectivity index (χ1n) is 3.32. The van der Waals surface area contributed by atoms with Crippen LogP contribution in [0.4, 0.5) is 0 Å². The second-order valence-electron chi connectivity index (χ2n) is 2.01. The molecule has 1 rings (SSSR count). The summed E-state index contributed by atoms with van der Waals surface area (Å²) in [6.07, 6.45) is 1.53. The van der Waals surface area contributed by atoms with E-state index in [2.05, 4.69) is 15.5 Å². The van der Waals surface area contributed by atoms with Gasteiger partial charge in [-0.3, -0.25) is 9.89 Å². The lowest BCUT2D eigenvalue weighted by molar-refractivity contribution is 0.0950. The van der Waals surface area contributed by atoms with E-state index in [1.165, 1.54) is 6.20 Å². The van der Waals surface area contributed by atoms with Crippen LogP contribution >= 0.6 is 0 Å². The third-order valence-corrected chi connectivity index (χ3v) is 1.18. The monoisotopic (exact) mass is 154 g/mol. The van der Waals surface area contributed by atoms with Gasteiger partial charge in [-0.1, -0.05) is 0 Å². The molecule has 4 N–H and O–H groups in total. The first-order chi connectivity index (χ1) is 5.34. The predicted molar refractivity (Wildman–Crippen MR) is 40.0 cm³/mol. The van der Waals surface area contributed by atoms with Crippen molar-refractivity contribution in [1.29, 1.82) is 0 Å². The zero-order chi connectivity index (χ0) is 8.10. The molecular weight excluding hydrogens is 144 g/mol. The summed E-state index contributed by atoms with van der Waals surface area (Å²) in [4.78, 5) is 11.0. The Morgan fingerprint density at radius 2 is 2.64 bits per heavy atom. The van der Waals surface area contributed by atoms with Crippen molar-refractivity contribution < 1.29 is 4.79 Å². The number of hydrogen-bond donors (Lipinski definition) is 3. The molecule has 0 aromatic carbocycles. The lowest BCUT2D eigenvalue weighted by atomic mass is 10.4. The zero-order valence-corrected chi connectivity index (χ0v) is 6.00. The Morgan fingerprint density at radius 1 is 1.82 bits per heavy atom. The van der Waals surface area contributed by atoms with E-state index in [9.17, 15) is 4.79 Å². The van der Waals surface area contributed by atoms with Crippen LogP contribution in [0, 0.1) is 0 Å². The molecule has 0 saturated heterocycles. The summed E-state index contributed by atoms with van der Waals surface area (Å²) in [5.74, 6) is -0.173. The van der Waals surface area contributed by atoms with Crippen molar-refractivity contribution in [3.05, 3.63) is 18.0 Å². The summed E-state index contributed by atoms with van der Waals surface area (Å²) >= 11 is 0. The van der Waals surface area contributed by atoms with E-state index in [0.717, 1.165) is 0 Å². The SMILES string of the molecule is NCCNC(=O)c1ccn[nH]1. The van der Waals surface area contributed by atoms with Crippen molar-refractivity contribution in [2.75, 3.05) is 13.1 Å². The van der Waals surface area contributed by atoms with Gasteiger partial charge in [-0.25, -0.2) is 0 Å². The molecule has 5 heteroatoms. The van der Waals surface area contributed by atoms with E-state index in [1.807, 2.05) is 0 Å². The molecule has 1 heterocycles. The van der Waals surface area contributed by atoms with Crippen molar-refractivity contribution in [3.63, 3.8) is 0 Å². The Morgan fingerprint density at radius 3 is 3.18 bits per heavy atom. The van der Waals surface area contributed by atoms with Gasteiger partial charge in [0.1, 0.15) is 5.69 Å². The fourth-order valence-electron chi connectivity index (χ4n) is 0.663. The number of hydrogen-bond acceptors (Lipinski definition) is 3. The minimum Gasteiger partial charge on any atom is -0.349 e. The molecule has 0 spiro atoms. The second-order valence-corrected chi connectivity index (χ2v) is 2.01. The largest absolute Gasteiger partial charge is 0.349 e. The van der Waals surface area contributed by atoms with Crippen LogP contribution in [-0.4, -0.2) is 29.2 Å². The molecular formula is C6H10N4O. The molecule has 11 heavy (non-hydrogen) atoms. The summed E-state index contributed by atoms with van der Waals surface area (Å²) in [6, 6.07) is 1.60. The highest BCUT2D eigenvalue weighted by atomic mass is 16.1. The van der Waals surface area contributed by atoms with Gasteiger partial charge in [0.15, 0.2) is 0 Å². The topological polar surface area (TPSA) is 83.8 Å². The smallest absolute Gasteiger partial charge is 0.269 e. The van der Waals surface area contributed by atoms with Crippen LogP contribution in [0.25, 0.3) is 0 Å². The van der Waals surface area contributed by atoms with Crippen LogP contribution < -0.4 is 11.1 Å². The molecule has 1 amide bonds. The molecule has 5 nitrogen and oxygen atoms in total. The zero-order valence-electron chi connectivity index (χ0n) is 6.00. The van der Waals surface area contributed by atoms with Crippen LogP contribution in [0.3, 0.4) is 0 Å². The maximum absolute atomic E-state index is 11.0. The number of aromatic amines is 1. The second kappa shape index (κ2) is 3.72. The lowest BCUT2D eigenvalue weighted by Gasteiger charge is -1.98. The van der Waals surface area contributed by atoms with Gasteiger partial charge in [0, 0.05) is 19.3 Å². The maximum atomic E-state index is 11.0. The summed E-state index contributed by atoms with van der Waals surface area (Å²) in [5.41, 5.74) is 5.65. The van der Waals surface area contributed by atoms with Crippen LogP contribution in [-0.2, 0) is 0 Å². The Bertz CT molecular complexity index is 218. The van der Waals surface area contributed by atoms with Crippen molar-refractivity contribution >= 4 is 5.91 Å². The van der Waals surface area contributed by atoms with Crippen LogP contribution in [0.1, 0.15) is 10.5 Å². The number of carbonyl (C=O) groups excluding carboxylic acids is 1. The van der Waals surface area contributed by atoms with Gasteiger partial charge in [-0.2, -0.15) is 5.10 Å². The van der Waals surface area contributed by atoms with Crippen LogP contribution in [0.5, 0.6) is 0 Å². The molecule has 0 aliphatic heterocycles. The van der Waals surface area contributed by atoms with E-state index in [1.54, 1.807) is 6.07 Å². The normalized spacial score (nSPS) is 9.55. The Balaban J connectivity index is 2.43. The van der Waals surface area contributed by atoms with E-state index in [4.69, 9.17) is 5.73 Å². The van der Waals surface area contributed by atoms with Gasteiger partial charge in [0.2, 0.25) is 0 Å². The molecule has 0 fully saturated rings. The standard InChI is InChI=1S/C6H10N4O/c7-2-4-8-6(11)5-1-3-9-10-5/h1,3H,2,4,7H2,(H,8,11)(H,9,10). The highest BCUT2D eigenvalue weighted by Gasteiger charge is 2.03. The fraction of sp³-hybridized carbons (Fsp3) is 0.333. The first kappa shape index (κ1) is 7.74. The lowest BCUT2D eigenvalue weighted by Crippen LogP contribution is -2.29. The van der Waals surface area contributed by atoms with Gasteiger partial charge in [-0.05, 0) is 6.07 Å². The highest BCUT2D eigenvalue weighted by Crippen LogP contribution is 1.89. The number of rotatable bonds is 3. The molecule has 0 aliphatic rings. The van der Waals surface area contributed by atoms with E-state index < -0.39 is 0 Å². The van der Waals surface area contributed by atoms with Crippen LogP contribution in [0.2, 0.25) is 0 Å². The number of amides is 1. The molecule has 0 aliphatic carbocycles. The third-order valence-electron chi connectivity index (χ3n) is 1.18. The Labute approximate surface area is 64.0 Å². The van der Waals surface area contributed by atoms with Gasteiger partial charge < -0.3 is 11.1 Å². The van der Waals surface area contributed by atoms with Gasteiger partial charge in [0.05, 0.1) is 0 Å². The minimum absolute atomic E-state index is 0.173. The molecule has 0 atom stereocenters. The van der Waals surface area contributed by atoms with Gasteiger partial charge in [-0.15, -0.1) is 0 Å². The summed E-state index contributed by atoms with van der Waals surface area (Å²) in [6.45, 7) is 0.928. The molecule has 1 aromatic heterocycles. The van der Waals surface area contributed by atoms with E-state index in [-0.39, 0.29) is 5.91 Å². The number of carbonyl (C=O) groups is 1.